The van der Waals surface area contributed by atoms with Crippen LogP contribution in [-0.2, 0) is 9.63 Å². The molecule has 1 heterocycles. The maximum atomic E-state index is 11.5. The van der Waals surface area contributed by atoms with Gasteiger partial charge in [0, 0.05) is 0 Å². The number of hydrogen-bond acceptors (Lipinski definition) is 5. The molecule has 0 atom stereocenters. The van der Waals surface area contributed by atoms with Gasteiger partial charge in [0.1, 0.15) is 0 Å². The second-order valence-electron chi connectivity index (χ2n) is 3.85. The van der Waals surface area contributed by atoms with Crippen molar-refractivity contribution in [2.24, 2.45) is 5.16 Å². The summed E-state index contributed by atoms with van der Waals surface area (Å²) < 4.78 is 11.2. The van der Waals surface area contributed by atoms with E-state index in [1.165, 1.54) is 0 Å². The molecule has 1 aromatic carbocycles. The van der Waals surface area contributed by atoms with E-state index in [2.05, 4.69) is 25.9 Å². The molecule has 0 saturated carbocycles. The van der Waals surface area contributed by atoms with Crippen LogP contribution in [0.2, 0.25) is 0 Å². The van der Waals surface area contributed by atoms with Gasteiger partial charge < -0.3 is 14.3 Å². The Bertz CT molecular complexity index is 593. The van der Waals surface area contributed by atoms with Gasteiger partial charge in [-0.3, -0.25) is 0 Å². The summed E-state index contributed by atoms with van der Waals surface area (Å²) in [6.45, 7) is 1.71. The molecular formula is C13H12BrNO4. The summed E-state index contributed by atoms with van der Waals surface area (Å²) in [5.41, 5.74) is 1.77. The van der Waals surface area contributed by atoms with E-state index in [0.717, 1.165) is 10.0 Å². The summed E-state index contributed by atoms with van der Waals surface area (Å²) in [5.74, 6) is 0.720. The number of ether oxygens (including phenoxy) is 2. The fraction of sp³-hybridized carbons (Fsp3) is 0.231. The second-order valence-corrected chi connectivity index (χ2v) is 4.71. The van der Waals surface area contributed by atoms with E-state index in [-0.39, 0.29) is 0 Å². The molecule has 1 aromatic rings. The molecule has 6 heteroatoms. The first-order valence-electron chi connectivity index (χ1n) is 5.46. The number of carbonyl (C=O) groups excluding carboxylic acids is 1. The average Bonchev–Trinajstić information content (AvgIpc) is 2.70. The highest BCUT2D eigenvalue weighted by molar-refractivity contribution is 9.10. The number of carbonyl (C=O) groups is 1. The van der Waals surface area contributed by atoms with E-state index in [4.69, 9.17) is 9.47 Å². The van der Waals surface area contributed by atoms with Crippen molar-refractivity contribution in [2.45, 2.75) is 6.92 Å². The third-order valence-corrected chi connectivity index (χ3v) is 3.23. The number of halogens is 1. The third-order valence-electron chi connectivity index (χ3n) is 2.64. The van der Waals surface area contributed by atoms with Crippen molar-refractivity contribution in [1.82, 2.24) is 0 Å². The Morgan fingerprint density at radius 2 is 2.05 bits per heavy atom. The molecule has 0 spiro atoms. The molecular weight excluding hydrogens is 314 g/mol. The summed E-state index contributed by atoms with van der Waals surface area (Å²) in [6, 6.07) is 3.60. The van der Waals surface area contributed by atoms with Crippen LogP contribution in [0.25, 0.3) is 6.08 Å². The molecule has 0 amide bonds. The van der Waals surface area contributed by atoms with Crippen LogP contribution in [-0.4, -0.2) is 25.9 Å². The second kappa shape index (κ2) is 5.44. The van der Waals surface area contributed by atoms with Gasteiger partial charge in [0.25, 0.3) is 0 Å². The van der Waals surface area contributed by atoms with E-state index in [1.807, 2.05) is 6.07 Å². The minimum Gasteiger partial charge on any atom is -0.493 e. The first kappa shape index (κ1) is 13.6. The van der Waals surface area contributed by atoms with Crippen molar-refractivity contribution >= 4 is 33.7 Å². The van der Waals surface area contributed by atoms with Crippen LogP contribution in [0.3, 0.4) is 0 Å². The monoisotopic (exact) mass is 325 g/mol. The molecule has 2 rings (SSSR count). The highest BCUT2D eigenvalue weighted by Crippen LogP contribution is 2.37. The standard InChI is InChI=1S/C13H12BrNO4/c1-7-9(13(16)19-15-7)4-8-5-10(14)12(18-3)11(6-8)17-2/h4-6H,1-3H3/b9-4-. The first-order chi connectivity index (χ1) is 9.06. The van der Waals surface area contributed by atoms with Gasteiger partial charge in [-0.2, -0.15) is 0 Å². The minimum absolute atomic E-state index is 0.430. The summed E-state index contributed by atoms with van der Waals surface area (Å²) in [7, 11) is 3.11. The largest absolute Gasteiger partial charge is 0.493 e. The first-order valence-corrected chi connectivity index (χ1v) is 6.25. The molecule has 1 aliphatic heterocycles. The van der Waals surface area contributed by atoms with Crippen LogP contribution >= 0.6 is 15.9 Å². The Hall–Kier alpha value is -1.82. The van der Waals surface area contributed by atoms with Gasteiger partial charge in [-0.25, -0.2) is 4.79 Å². The number of benzene rings is 1. The fourth-order valence-electron chi connectivity index (χ4n) is 1.71. The number of methoxy groups -OCH3 is 2. The molecule has 100 valence electrons. The maximum absolute atomic E-state index is 11.5. The average molecular weight is 326 g/mol. The lowest BCUT2D eigenvalue weighted by Crippen LogP contribution is -2.02. The highest BCUT2D eigenvalue weighted by atomic mass is 79.9. The van der Waals surface area contributed by atoms with Crippen molar-refractivity contribution < 1.29 is 19.1 Å². The van der Waals surface area contributed by atoms with Crippen LogP contribution < -0.4 is 9.47 Å². The van der Waals surface area contributed by atoms with E-state index in [1.54, 1.807) is 33.3 Å². The van der Waals surface area contributed by atoms with Crippen LogP contribution in [0.4, 0.5) is 0 Å². The molecule has 0 aromatic heterocycles. The van der Waals surface area contributed by atoms with Crippen molar-refractivity contribution in [3.05, 3.63) is 27.7 Å². The number of rotatable bonds is 3. The SMILES string of the molecule is COc1cc(/C=C2\C(=O)ON=C2C)cc(Br)c1OC. The lowest BCUT2D eigenvalue weighted by Gasteiger charge is -2.10. The van der Waals surface area contributed by atoms with Crippen molar-refractivity contribution in [1.29, 1.82) is 0 Å². The van der Waals surface area contributed by atoms with Crippen LogP contribution in [0.5, 0.6) is 11.5 Å². The number of oxime groups is 1. The third kappa shape index (κ3) is 2.63. The minimum atomic E-state index is -0.455. The van der Waals surface area contributed by atoms with Crippen LogP contribution in [0.1, 0.15) is 12.5 Å². The lowest BCUT2D eigenvalue weighted by molar-refractivity contribution is -0.136. The Morgan fingerprint density at radius 3 is 2.58 bits per heavy atom. The smallest absolute Gasteiger partial charge is 0.367 e. The van der Waals surface area contributed by atoms with E-state index in [0.29, 0.717) is 22.8 Å². The zero-order chi connectivity index (χ0) is 14.0. The predicted molar refractivity (Wildman–Crippen MR) is 74.4 cm³/mol. The maximum Gasteiger partial charge on any atom is 0.367 e. The van der Waals surface area contributed by atoms with Gasteiger partial charge in [-0.05, 0) is 46.6 Å². The van der Waals surface area contributed by atoms with Crippen molar-refractivity contribution in [2.75, 3.05) is 14.2 Å². The van der Waals surface area contributed by atoms with Crippen LogP contribution in [0.15, 0.2) is 27.3 Å². The van der Waals surface area contributed by atoms with Gasteiger partial charge in [-0.1, -0.05) is 5.16 Å². The van der Waals surface area contributed by atoms with Gasteiger partial charge in [0.15, 0.2) is 11.5 Å². The van der Waals surface area contributed by atoms with Gasteiger partial charge in [0.05, 0.1) is 30.0 Å². The van der Waals surface area contributed by atoms with Crippen molar-refractivity contribution in [3.63, 3.8) is 0 Å². The quantitative estimate of drug-likeness (QED) is 0.633. The molecule has 1 aliphatic rings. The molecule has 0 saturated heterocycles. The van der Waals surface area contributed by atoms with Crippen LogP contribution in [0, 0.1) is 0 Å². The van der Waals surface area contributed by atoms with Gasteiger partial charge in [-0.15, -0.1) is 0 Å². The Balaban J connectivity index is 2.47. The molecule has 0 aliphatic carbocycles. The van der Waals surface area contributed by atoms with Gasteiger partial charge in [0.2, 0.25) is 0 Å². The van der Waals surface area contributed by atoms with E-state index in [9.17, 15) is 4.79 Å². The Labute approximate surface area is 119 Å². The fourth-order valence-corrected chi connectivity index (χ4v) is 2.33. The predicted octanol–water partition coefficient (Wildman–Crippen LogP) is 2.78. The Kier molecular flexibility index (Phi) is 3.90. The summed E-state index contributed by atoms with van der Waals surface area (Å²) in [5, 5.41) is 3.62. The normalized spacial score (nSPS) is 16.3. The van der Waals surface area contributed by atoms with Crippen molar-refractivity contribution in [3.8, 4) is 11.5 Å². The summed E-state index contributed by atoms with van der Waals surface area (Å²) in [6.07, 6.45) is 1.70. The van der Waals surface area contributed by atoms with Gasteiger partial charge >= 0.3 is 5.97 Å². The summed E-state index contributed by atoms with van der Waals surface area (Å²) >= 11 is 3.40. The topological polar surface area (TPSA) is 57.1 Å². The molecule has 0 radical (unpaired) electrons. The molecule has 5 nitrogen and oxygen atoms in total. The zero-order valence-electron chi connectivity index (χ0n) is 10.7. The molecule has 0 fully saturated rings. The molecule has 0 N–H and O–H groups in total. The number of hydrogen-bond donors (Lipinski definition) is 0. The molecule has 0 unspecified atom stereocenters. The molecule has 0 bridgehead atoms. The lowest BCUT2D eigenvalue weighted by atomic mass is 10.1. The molecule has 19 heavy (non-hydrogen) atoms. The van der Waals surface area contributed by atoms with E-state index < -0.39 is 5.97 Å². The summed E-state index contributed by atoms with van der Waals surface area (Å²) in [4.78, 5) is 16.1. The highest BCUT2D eigenvalue weighted by Gasteiger charge is 2.22. The number of nitrogens with zero attached hydrogens (tertiary/aromatic N) is 1. The Morgan fingerprint density at radius 1 is 1.32 bits per heavy atom. The zero-order valence-corrected chi connectivity index (χ0v) is 12.3. The van der Waals surface area contributed by atoms with E-state index >= 15 is 0 Å².